The van der Waals surface area contributed by atoms with Crippen LogP contribution >= 0.6 is 20.8 Å². The van der Waals surface area contributed by atoms with Crippen LogP contribution in [0.1, 0.15) is 124 Å². The van der Waals surface area contributed by atoms with Gasteiger partial charge in [0.25, 0.3) is 0 Å². The normalized spacial score (nSPS) is 13.7. The minimum atomic E-state index is -1.56. The summed E-state index contributed by atoms with van der Waals surface area (Å²) in [6, 6.07) is 0. The molecule has 0 spiro atoms. The van der Waals surface area contributed by atoms with E-state index in [1.54, 1.807) is 0 Å². The van der Waals surface area contributed by atoms with Crippen LogP contribution in [0.25, 0.3) is 0 Å². The summed E-state index contributed by atoms with van der Waals surface area (Å²) in [5.74, 6) is 0. The molecule has 0 aliphatic rings. The van der Waals surface area contributed by atoms with Crippen molar-refractivity contribution in [1.29, 1.82) is 0 Å². The molecule has 0 aromatic rings. The summed E-state index contributed by atoms with van der Waals surface area (Å²) in [5.41, 5.74) is 0. The molecule has 0 fully saturated rings. The summed E-state index contributed by atoms with van der Waals surface area (Å²) in [6.45, 7) is 9.46. The van der Waals surface area contributed by atoms with Crippen LogP contribution in [0.4, 0.5) is 0 Å². The van der Waals surface area contributed by atoms with Gasteiger partial charge in [0.15, 0.2) is 0 Å². The Morgan fingerprint density at radius 1 is 0.400 bits per heavy atom. The Labute approximate surface area is 169 Å². The zero-order chi connectivity index (χ0) is 18.9. The van der Waals surface area contributed by atoms with E-state index in [0.717, 1.165) is 0 Å². The molecule has 0 atom stereocenters. The molecule has 0 unspecified atom stereocenters. The second-order valence-electron chi connectivity index (χ2n) is 8.60. The van der Waals surface area contributed by atoms with E-state index in [4.69, 9.17) is 0 Å². The maximum absolute atomic E-state index is 4.43. The second kappa shape index (κ2) is 15.9. The van der Waals surface area contributed by atoms with Gasteiger partial charge in [0.05, 0.1) is 0 Å². The fourth-order valence-electron chi connectivity index (χ4n) is 4.70. The molecule has 0 aliphatic carbocycles. The van der Waals surface area contributed by atoms with Gasteiger partial charge < -0.3 is 0 Å². The van der Waals surface area contributed by atoms with Crippen molar-refractivity contribution in [2.75, 3.05) is 24.6 Å². The first-order valence-corrected chi connectivity index (χ1v) is 16.8. The number of hydrogen-bond donors (Lipinski definition) is 0. The average molecular weight is 438 g/mol. The predicted octanol–water partition coefficient (Wildman–Crippen LogP) is 9.78. The Morgan fingerprint density at radius 2 is 0.720 bits per heavy atom. The van der Waals surface area contributed by atoms with Crippen molar-refractivity contribution >= 4 is 20.8 Å². The summed E-state index contributed by atoms with van der Waals surface area (Å²) < 4.78 is 0. The molecule has 154 valence electrons. The molecule has 0 aliphatic heterocycles. The van der Waals surface area contributed by atoms with Gasteiger partial charge in [-0.05, 0) is 0 Å². The van der Waals surface area contributed by atoms with Crippen molar-refractivity contribution in [3.05, 3.63) is 0 Å². The summed E-state index contributed by atoms with van der Waals surface area (Å²) in [7, 11) is 0. The molecule has 25 heavy (non-hydrogen) atoms. The third-order valence-electron chi connectivity index (χ3n) is 5.92. The number of hydrogen-bond acceptors (Lipinski definition) is 0. The third-order valence-corrected chi connectivity index (χ3v) is 16.3. The molecule has 2 heteroatoms. The Kier molecular flexibility index (Phi) is 16.5. The van der Waals surface area contributed by atoms with Gasteiger partial charge in [-0.25, -0.2) is 0 Å². The van der Waals surface area contributed by atoms with Crippen molar-refractivity contribution in [2.45, 2.75) is 124 Å². The Hall–Kier alpha value is 0.910. The average Bonchev–Trinajstić information content (AvgIpc) is 2.56. The summed E-state index contributed by atoms with van der Waals surface area (Å²) in [4.78, 5) is 0. The molecule has 0 saturated carbocycles. The molecule has 0 rings (SSSR count). The molecular formula is C23H50BrP. The molecule has 0 heterocycles. The monoisotopic (exact) mass is 436 g/mol. The molecule has 0 bridgehead atoms. The summed E-state index contributed by atoms with van der Waals surface area (Å²) >= 11 is 4.43. The molecule has 0 nitrogen and oxygen atoms in total. The summed E-state index contributed by atoms with van der Waals surface area (Å²) in [6.07, 6.45) is 27.6. The number of rotatable bonds is 19. The molecule has 0 amide bonds. The molecule has 0 aromatic heterocycles. The fraction of sp³-hybridized carbons (Fsp3) is 1.00. The topological polar surface area (TPSA) is 0 Å². The van der Waals surface area contributed by atoms with Crippen LogP contribution in [0.15, 0.2) is 0 Å². The van der Waals surface area contributed by atoms with Crippen molar-refractivity contribution < 1.29 is 0 Å². The molecular weight excluding hydrogens is 387 g/mol. The van der Waals surface area contributed by atoms with Crippen molar-refractivity contribution in [1.82, 2.24) is 0 Å². The van der Waals surface area contributed by atoms with Crippen LogP contribution in [0.5, 0.6) is 0 Å². The molecule has 0 radical (unpaired) electrons. The van der Waals surface area contributed by atoms with E-state index in [0.29, 0.717) is 0 Å². The Morgan fingerprint density at radius 3 is 1.04 bits per heavy atom. The van der Waals surface area contributed by atoms with Crippen LogP contribution < -0.4 is 0 Å². The molecule has 0 aromatic carbocycles. The third kappa shape index (κ3) is 12.8. The van der Waals surface area contributed by atoms with Gasteiger partial charge in [0, 0.05) is 0 Å². The van der Waals surface area contributed by atoms with E-state index in [1.165, 1.54) is 121 Å². The van der Waals surface area contributed by atoms with Crippen LogP contribution in [0, 0.1) is 0 Å². The first kappa shape index (κ1) is 25.9. The minimum absolute atomic E-state index is 1.36. The van der Waals surface area contributed by atoms with Gasteiger partial charge >= 0.3 is 156 Å². The Bertz CT molecular complexity index is 270. The van der Waals surface area contributed by atoms with Crippen molar-refractivity contribution in [3.63, 3.8) is 0 Å². The zero-order valence-electron chi connectivity index (χ0n) is 18.3. The van der Waals surface area contributed by atoms with E-state index in [1.807, 2.05) is 0 Å². The fourth-order valence-corrected chi connectivity index (χ4v) is 14.3. The van der Waals surface area contributed by atoms with Crippen molar-refractivity contribution in [2.24, 2.45) is 0 Å². The van der Waals surface area contributed by atoms with Gasteiger partial charge in [-0.1, -0.05) is 13.3 Å². The second-order valence-corrected chi connectivity index (χ2v) is 20.0. The van der Waals surface area contributed by atoms with Crippen LogP contribution in [-0.4, -0.2) is 24.6 Å². The van der Waals surface area contributed by atoms with Crippen LogP contribution in [0.3, 0.4) is 0 Å². The van der Waals surface area contributed by atoms with Crippen LogP contribution in [0.2, 0.25) is 0 Å². The van der Waals surface area contributed by atoms with E-state index in [9.17, 15) is 0 Å². The van der Waals surface area contributed by atoms with Gasteiger partial charge in [0.1, 0.15) is 0 Å². The number of halogens is 1. The Balaban J connectivity index is 3.81. The molecule has 0 saturated heterocycles. The first-order chi connectivity index (χ1) is 12.0. The van der Waals surface area contributed by atoms with Gasteiger partial charge in [0.2, 0.25) is 0 Å². The van der Waals surface area contributed by atoms with Gasteiger partial charge in [-0.3, -0.25) is 0 Å². The SMILES string of the molecule is CCCCCCCCCCCCCCP(Br)(CCC)(CCC)CCC. The quantitative estimate of drug-likeness (QED) is 0.139. The van der Waals surface area contributed by atoms with Gasteiger partial charge in [-0.15, -0.1) is 0 Å². The van der Waals surface area contributed by atoms with E-state index < -0.39 is 5.31 Å². The van der Waals surface area contributed by atoms with Crippen molar-refractivity contribution in [3.8, 4) is 0 Å². The predicted molar refractivity (Wildman–Crippen MR) is 127 cm³/mol. The summed E-state index contributed by atoms with van der Waals surface area (Å²) in [5, 5.41) is -1.56. The van der Waals surface area contributed by atoms with E-state index in [-0.39, 0.29) is 0 Å². The van der Waals surface area contributed by atoms with E-state index >= 15 is 0 Å². The number of unbranched alkanes of at least 4 members (excludes halogenated alkanes) is 11. The standard InChI is InChI=1S/C23H50BrP/c1-5-9-10-11-12-13-14-15-16-17-18-19-23-25(24,20-6-2,21-7-3)22-8-4/h5-23H2,1-4H3. The van der Waals surface area contributed by atoms with E-state index in [2.05, 4.69) is 43.2 Å². The first-order valence-electron chi connectivity index (χ1n) is 11.8. The maximum atomic E-state index is 4.43. The molecule has 0 N–H and O–H groups in total. The van der Waals surface area contributed by atoms with Gasteiger partial charge in [-0.2, -0.15) is 0 Å². The van der Waals surface area contributed by atoms with Crippen LogP contribution in [-0.2, 0) is 0 Å². The zero-order valence-corrected chi connectivity index (χ0v) is 20.7.